The van der Waals surface area contributed by atoms with Gasteiger partial charge in [-0.2, -0.15) is 9.29 Å². The second-order valence-electron chi connectivity index (χ2n) is 6.08. The van der Waals surface area contributed by atoms with Crippen molar-refractivity contribution in [3.05, 3.63) is 46.7 Å². The van der Waals surface area contributed by atoms with E-state index < -0.39 is 10.0 Å². The lowest BCUT2D eigenvalue weighted by Crippen LogP contribution is -2.49. The molecule has 2 aromatic rings. The Morgan fingerprint density at radius 2 is 1.77 bits per heavy atom. The molecule has 1 aromatic heterocycles. The van der Waals surface area contributed by atoms with Gasteiger partial charge in [-0.25, -0.2) is 13.4 Å². The van der Waals surface area contributed by atoms with Gasteiger partial charge in [0.25, 0.3) is 0 Å². The number of aromatic nitrogens is 2. The monoisotopic (exact) mass is 396 g/mol. The molecule has 26 heavy (non-hydrogen) atoms. The van der Waals surface area contributed by atoms with Crippen LogP contribution in [-0.4, -0.2) is 56.0 Å². The highest BCUT2D eigenvalue weighted by Gasteiger charge is 2.28. The molecule has 0 atom stereocenters. The smallest absolute Gasteiger partial charge is 0.218 e. The zero-order valence-corrected chi connectivity index (χ0v) is 16.3. The van der Waals surface area contributed by atoms with E-state index in [-0.39, 0.29) is 5.75 Å². The highest BCUT2D eigenvalue weighted by molar-refractivity contribution is 7.88. The summed E-state index contributed by atoms with van der Waals surface area (Å²) >= 11 is 5.85. The van der Waals surface area contributed by atoms with E-state index >= 15 is 0 Å². The average Bonchev–Trinajstić information content (AvgIpc) is 2.63. The summed E-state index contributed by atoms with van der Waals surface area (Å²) in [6.45, 7) is 3.78. The quantitative estimate of drug-likeness (QED) is 0.770. The van der Waals surface area contributed by atoms with Crippen LogP contribution in [0.4, 0.5) is 5.82 Å². The van der Waals surface area contributed by atoms with Crippen molar-refractivity contribution in [1.82, 2.24) is 14.3 Å². The van der Waals surface area contributed by atoms with Crippen LogP contribution >= 0.6 is 11.6 Å². The van der Waals surface area contributed by atoms with Gasteiger partial charge >= 0.3 is 0 Å². The molecule has 0 bridgehead atoms. The summed E-state index contributed by atoms with van der Waals surface area (Å²) in [6.07, 6.45) is 0. The zero-order valence-electron chi connectivity index (χ0n) is 14.7. The van der Waals surface area contributed by atoms with E-state index in [0.29, 0.717) is 42.9 Å². The number of hydrogen-bond acceptors (Lipinski definition) is 6. The van der Waals surface area contributed by atoms with Crippen LogP contribution in [0.1, 0.15) is 11.4 Å². The second kappa shape index (κ2) is 7.77. The summed E-state index contributed by atoms with van der Waals surface area (Å²) in [6, 6.07) is 8.66. The number of piperazine rings is 1. The summed E-state index contributed by atoms with van der Waals surface area (Å²) in [5.41, 5.74) is 0.730. The maximum atomic E-state index is 12.7. The van der Waals surface area contributed by atoms with Gasteiger partial charge in [0.05, 0.1) is 12.9 Å². The lowest BCUT2D eigenvalue weighted by molar-refractivity contribution is 0.380. The second-order valence-corrected chi connectivity index (χ2v) is 8.49. The van der Waals surface area contributed by atoms with E-state index in [2.05, 4.69) is 9.97 Å². The van der Waals surface area contributed by atoms with E-state index in [0.717, 1.165) is 11.4 Å². The van der Waals surface area contributed by atoms with E-state index in [1.807, 2.05) is 4.90 Å². The van der Waals surface area contributed by atoms with Crippen molar-refractivity contribution < 1.29 is 13.2 Å². The number of anilines is 1. The number of benzene rings is 1. The van der Waals surface area contributed by atoms with Crippen LogP contribution in [0.2, 0.25) is 5.02 Å². The Morgan fingerprint density at radius 1 is 1.12 bits per heavy atom. The number of rotatable bonds is 5. The lowest BCUT2D eigenvalue weighted by Gasteiger charge is -2.34. The van der Waals surface area contributed by atoms with Crippen molar-refractivity contribution in [1.29, 1.82) is 0 Å². The molecule has 7 nitrogen and oxygen atoms in total. The molecule has 0 N–H and O–H groups in total. The molecule has 0 radical (unpaired) electrons. The molecule has 1 fully saturated rings. The van der Waals surface area contributed by atoms with Crippen molar-refractivity contribution in [2.45, 2.75) is 12.7 Å². The van der Waals surface area contributed by atoms with Gasteiger partial charge in [-0.3, -0.25) is 0 Å². The third-order valence-corrected chi connectivity index (χ3v) is 6.33. The number of halogens is 1. The Hall–Kier alpha value is -1.90. The lowest BCUT2D eigenvalue weighted by atomic mass is 10.2. The van der Waals surface area contributed by atoms with Crippen LogP contribution in [0.3, 0.4) is 0 Å². The van der Waals surface area contributed by atoms with Gasteiger partial charge in [-0.05, 0) is 24.6 Å². The van der Waals surface area contributed by atoms with E-state index in [1.54, 1.807) is 44.4 Å². The van der Waals surface area contributed by atoms with Crippen LogP contribution in [-0.2, 0) is 15.8 Å². The largest absolute Gasteiger partial charge is 0.481 e. The van der Waals surface area contributed by atoms with Crippen LogP contribution in [0.5, 0.6) is 5.88 Å². The Morgan fingerprint density at radius 3 is 2.38 bits per heavy atom. The topological polar surface area (TPSA) is 75.6 Å². The van der Waals surface area contributed by atoms with Crippen molar-refractivity contribution in [3.8, 4) is 5.88 Å². The van der Waals surface area contributed by atoms with Crippen LogP contribution < -0.4 is 9.64 Å². The number of ether oxygens (including phenoxy) is 1. The SMILES string of the molecule is COc1cc(N2CCN(S(=O)(=O)Cc3ccc(Cl)cc3)CC2)nc(C)n1. The highest BCUT2D eigenvalue weighted by atomic mass is 35.5. The fourth-order valence-electron chi connectivity index (χ4n) is 2.87. The van der Waals surface area contributed by atoms with E-state index in [1.165, 1.54) is 4.31 Å². The van der Waals surface area contributed by atoms with Crippen LogP contribution in [0, 0.1) is 6.92 Å². The van der Waals surface area contributed by atoms with Gasteiger partial charge < -0.3 is 9.64 Å². The molecule has 9 heteroatoms. The fraction of sp³-hybridized carbons (Fsp3) is 0.412. The minimum absolute atomic E-state index is 0.0232. The molecule has 2 heterocycles. The fourth-order valence-corrected chi connectivity index (χ4v) is 4.51. The van der Waals surface area contributed by atoms with Crippen molar-refractivity contribution >= 4 is 27.4 Å². The molecular weight excluding hydrogens is 376 g/mol. The minimum Gasteiger partial charge on any atom is -0.481 e. The predicted molar refractivity (Wildman–Crippen MR) is 101 cm³/mol. The summed E-state index contributed by atoms with van der Waals surface area (Å²) in [5, 5.41) is 0.593. The number of sulfonamides is 1. The standard InChI is InChI=1S/C17H21ClN4O3S/c1-13-19-16(11-17(20-13)25-2)21-7-9-22(10-8-21)26(23,24)12-14-3-5-15(18)6-4-14/h3-6,11H,7-10,12H2,1-2H3. The molecule has 0 unspecified atom stereocenters. The molecule has 1 aliphatic heterocycles. The molecule has 1 aliphatic rings. The maximum absolute atomic E-state index is 12.7. The first-order chi connectivity index (χ1) is 12.4. The third kappa shape index (κ3) is 4.44. The van der Waals surface area contributed by atoms with Gasteiger partial charge in [0, 0.05) is 37.3 Å². The Labute approximate surface area is 158 Å². The summed E-state index contributed by atoms with van der Waals surface area (Å²) in [4.78, 5) is 10.6. The predicted octanol–water partition coefficient (Wildman–Crippen LogP) is 2.10. The molecule has 0 saturated carbocycles. The Balaban J connectivity index is 1.66. The van der Waals surface area contributed by atoms with Gasteiger partial charge in [0.15, 0.2) is 0 Å². The molecule has 0 aliphatic carbocycles. The Bertz CT molecular complexity index is 866. The average molecular weight is 397 g/mol. The third-order valence-electron chi connectivity index (χ3n) is 4.23. The van der Waals surface area contributed by atoms with Crippen molar-refractivity contribution in [2.75, 3.05) is 38.2 Å². The van der Waals surface area contributed by atoms with Crippen molar-refractivity contribution in [3.63, 3.8) is 0 Å². The van der Waals surface area contributed by atoms with E-state index in [9.17, 15) is 8.42 Å². The number of aryl methyl sites for hydroxylation is 1. The summed E-state index contributed by atoms with van der Waals surface area (Å²) in [7, 11) is -1.81. The van der Waals surface area contributed by atoms with Gasteiger partial charge in [-0.15, -0.1) is 0 Å². The van der Waals surface area contributed by atoms with Gasteiger partial charge in [0.1, 0.15) is 11.6 Å². The molecular formula is C17H21ClN4O3S. The molecule has 0 spiro atoms. The number of methoxy groups -OCH3 is 1. The maximum Gasteiger partial charge on any atom is 0.218 e. The van der Waals surface area contributed by atoms with Crippen LogP contribution in [0.25, 0.3) is 0 Å². The molecule has 140 valence electrons. The van der Waals surface area contributed by atoms with Gasteiger partial charge in [-0.1, -0.05) is 23.7 Å². The highest BCUT2D eigenvalue weighted by Crippen LogP contribution is 2.21. The molecule has 1 aromatic carbocycles. The minimum atomic E-state index is -3.37. The van der Waals surface area contributed by atoms with Crippen molar-refractivity contribution in [2.24, 2.45) is 0 Å². The van der Waals surface area contributed by atoms with Crippen LogP contribution in [0.15, 0.2) is 30.3 Å². The summed E-state index contributed by atoms with van der Waals surface area (Å²) in [5.74, 6) is 1.86. The summed E-state index contributed by atoms with van der Waals surface area (Å²) < 4.78 is 32.0. The number of hydrogen-bond donors (Lipinski definition) is 0. The first kappa shape index (κ1) is 18.9. The van der Waals surface area contributed by atoms with E-state index in [4.69, 9.17) is 16.3 Å². The number of nitrogens with zero attached hydrogens (tertiary/aromatic N) is 4. The molecule has 1 saturated heterocycles. The Kier molecular flexibility index (Phi) is 5.64. The first-order valence-corrected chi connectivity index (χ1v) is 10.2. The first-order valence-electron chi connectivity index (χ1n) is 8.24. The van der Waals surface area contributed by atoms with Gasteiger partial charge in [0.2, 0.25) is 15.9 Å². The zero-order chi connectivity index (χ0) is 18.7. The molecule has 0 amide bonds. The normalized spacial score (nSPS) is 15.9. The molecule has 3 rings (SSSR count).